The molecule has 6 heteroatoms. The van der Waals surface area contributed by atoms with Gasteiger partial charge in [-0.05, 0) is 69.8 Å². The van der Waals surface area contributed by atoms with Gasteiger partial charge in [-0.1, -0.05) is 6.92 Å². The van der Waals surface area contributed by atoms with Crippen molar-refractivity contribution in [1.29, 1.82) is 0 Å². The number of nitrogens with one attached hydrogen (secondary N) is 2. The molecule has 1 amide bonds. The van der Waals surface area contributed by atoms with Crippen molar-refractivity contribution in [1.82, 2.24) is 10.6 Å². The van der Waals surface area contributed by atoms with Gasteiger partial charge in [-0.2, -0.15) is 0 Å². The van der Waals surface area contributed by atoms with Crippen LogP contribution in [0, 0.1) is 5.92 Å². The smallest absolute Gasteiger partial charge is 0.251 e. The second-order valence-electron chi connectivity index (χ2n) is 6.20. The summed E-state index contributed by atoms with van der Waals surface area (Å²) in [6, 6.07) is 5.39. The Hall–Kier alpha value is -1.46. The predicted molar refractivity (Wildman–Crippen MR) is 103 cm³/mol. The minimum atomic E-state index is -0.0539. The molecule has 0 aromatic heterocycles. The molecule has 2 N–H and O–H groups in total. The van der Waals surface area contributed by atoms with Gasteiger partial charge in [0.25, 0.3) is 5.91 Å². The maximum atomic E-state index is 12.3. The molecule has 0 radical (unpaired) electrons. The largest absolute Gasteiger partial charge is 0.490 e. The Bertz CT molecular complexity index is 519. The molecule has 142 valence electrons. The number of amides is 1. The van der Waals surface area contributed by atoms with Crippen molar-refractivity contribution >= 4 is 18.3 Å². The molecule has 1 unspecified atom stereocenters. The van der Waals surface area contributed by atoms with Gasteiger partial charge in [-0.15, -0.1) is 12.4 Å². The molecule has 25 heavy (non-hydrogen) atoms. The van der Waals surface area contributed by atoms with E-state index in [4.69, 9.17) is 9.47 Å². The lowest BCUT2D eigenvalue weighted by atomic mass is 9.96. The highest BCUT2D eigenvalue weighted by Gasteiger charge is 2.14. The zero-order valence-corrected chi connectivity index (χ0v) is 16.1. The number of carbonyl (C=O) groups excluding carboxylic acids is 1. The van der Waals surface area contributed by atoms with Crippen LogP contribution < -0.4 is 20.1 Å². The van der Waals surface area contributed by atoms with Crippen LogP contribution in [0.1, 0.15) is 49.9 Å². The third-order valence-corrected chi connectivity index (χ3v) is 4.20. The first-order valence-electron chi connectivity index (χ1n) is 9.13. The number of piperidine rings is 1. The topological polar surface area (TPSA) is 59.6 Å². The molecule has 1 aromatic carbocycles. The number of rotatable bonds is 9. The lowest BCUT2D eigenvalue weighted by Gasteiger charge is -2.22. The average Bonchev–Trinajstić information content (AvgIpc) is 2.61. The highest BCUT2D eigenvalue weighted by atomic mass is 35.5. The molecule has 1 aliphatic rings. The van der Waals surface area contributed by atoms with Crippen LogP contribution in [0.3, 0.4) is 0 Å². The third kappa shape index (κ3) is 7.12. The van der Waals surface area contributed by atoms with Crippen molar-refractivity contribution in [3.05, 3.63) is 23.8 Å². The van der Waals surface area contributed by atoms with Gasteiger partial charge in [-0.25, -0.2) is 0 Å². The van der Waals surface area contributed by atoms with E-state index in [9.17, 15) is 4.79 Å². The quantitative estimate of drug-likeness (QED) is 0.699. The standard InChI is InChI=1S/C19H30N2O3.ClH/c1-3-12-24-17-8-7-16(13-18(17)23-4-2)19(22)21-11-9-15-6-5-10-20-14-15;/h7-8,13,15,20H,3-6,9-12,14H2,1-2H3,(H,21,22);1H. The number of carbonyl (C=O) groups is 1. The summed E-state index contributed by atoms with van der Waals surface area (Å²) in [5.41, 5.74) is 0.615. The Kier molecular flexibility index (Phi) is 10.3. The molecule has 1 heterocycles. The van der Waals surface area contributed by atoms with Crippen LogP contribution in [0.25, 0.3) is 0 Å². The lowest BCUT2D eigenvalue weighted by Crippen LogP contribution is -2.33. The van der Waals surface area contributed by atoms with E-state index in [1.165, 1.54) is 12.8 Å². The van der Waals surface area contributed by atoms with Gasteiger partial charge in [0.05, 0.1) is 13.2 Å². The van der Waals surface area contributed by atoms with Crippen molar-refractivity contribution < 1.29 is 14.3 Å². The minimum Gasteiger partial charge on any atom is -0.490 e. The van der Waals surface area contributed by atoms with Crippen LogP contribution in [0.5, 0.6) is 11.5 Å². The van der Waals surface area contributed by atoms with Gasteiger partial charge in [0, 0.05) is 12.1 Å². The molecule has 1 fully saturated rings. The molecule has 0 saturated carbocycles. The fourth-order valence-corrected chi connectivity index (χ4v) is 2.91. The number of ether oxygens (including phenoxy) is 2. The molecule has 2 rings (SSSR count). The molecular weight excluding hydrogens is 340 g/mol. The van der Waals surface area contributed by atoms with E-state index in [0.717, 1.165) is 25.9 Å². The zero-order chi connectivity index (χ0) is 17.2. The van der Waals surface area contributed by atoms with Crippen molar-refractivity contribution in [3.8, 4) is 11.5 Å². The molecule has 5 nitrogen and oxygen atoms in total. The normalized spacial score (nSPS) is 16.6. The summed E-state index contributed by atoms with van der Waals surface area (Å²) in [7, 11) is 0. The van der Waals surface area contributed by atoms with Crippen LogP contribution in [-0.4, -0.2) is 38.8 Å². The molecule has 0 bridgehead atoms. The van der Waals surface area contributed by atoms with Gasteiger partial charge in [0.15, 0.2) is 11.5 Å². The summed E-state index contributed by atoms with van der Waals surface area (Å²) in [6.07, 6.45) is 4.44. The average molecular weight is 371 g/mol. The fraction of sp³-hybridized carbons (Fsp3) is 0.632. The van der Waals surface area contributed by atoms with Crippen LogP contribution in [0.15, 0.2) is 18.2 Å². The van der Waals surface area contributed by atoms with E-state index in [1.807, 2.05) is 13.0 Å². The van der Waals surface area contributed by atoms with Crippen LogP contribution in [0.2, 0.25) is 0 Å². The van der Waals surface area contributed by atoms with Crippen molar-refractivity contribution in [2.24, 2.45) is 5.92 Å². The van der Waals surface area contributed by atoms with Gasteiger partial charge in [0.1, 0.15) is 0 Å². The van der Waals surface area contributed by atoms with Crippen LogP contribution in [-0.2, 0) is 0 Å². The second-order valence-corrected chi connectivity index (χ2v) is 6.20. The summed E-state index contributed by atoms with van der Waals surface area (Å²) < 4.78 is 11.3. The van der Waals surface area contributed by atoms with E-state index >= 15 is 0 Å². The lowest BCUT2D eigenvalue weighted by molar-refractivity contribution is 0.0950. The summed E-state index contributed by atoms with van der Waals surface area (Å²) in [5.74, 6) is 1.95. The summed E-state index contributed by atoms with van der Waals surface area (Å²) in [6.45, 7) is 8.06. The Labute approximate surface area is 157 Å². The Morgan fingerprint density at radius 3 is 2.80 bits per heavy atom. The van der Waals surface area contributed by atoms with Crippen LogP contribution >= 0.6 is 12.4 Å². The van der Waals surface area contributed by atoms with E-state index in [-0.39, 0.29) is 18.3 Å². The maximum Gasteiger partial charge on any atom is 0.251 e. The van der Waals surface area contributed by atoms with E-state index < -0.39 is 0 Å². The van der Waals surface area contributed by atoms with Gasteiger partial charge < -0.3 is 20.1 Å². The van der Waals surface area contributed by atoms with Gasteiger partial charge >= 0.3 is 0 Å². The number of benzene rings is 1. The zero-order valence-electron chi connectivity index (χ0n) is 15.3. The van der Waals surface area contributed by atoms with Crippen LogP contribution in [0.4, 0.5) is 0 Å². The molecule has 0 aliphatic carbocycles. The second kappa shape index (κ2) is 12.0. The number of hydrogen-bond donors (Lipinski definition) is 2. The fourth-order valence-electron chi connectivity index (χ4n) is 2.91. The first-order valence-corrected chi connectivity index (χ1v) is 9.13. The predicted octanol–water partition coefficient (Wildman–Crippen LogP) is 3.42. The summed E-state index contributed by atoms with van der Waals surface area (Å²) in [4.78, 5) is 12.3. The Balaban J connectivity index is 0.00000312. The van der Waals surface area contributed by atoms with Crippen molar-refractivity contribution in [3.63, 3.8) is 0 Å². The van der Waals surface area contributed by atoms with E-state index in [1.54, 1.807) is 12.1 Å². The highest BCUT2D eigenvalue weighted by molar-refractivity contribution is 5.94. The minimum absolute atomic E-state index is 0. The number of hydrogen-bond acceptors (Lipinski definition) is 4. The van der Waals surface area contributed by atoms with E-state index in [0.29, 0.717) is 42.7 Å². The third-order valence-electron chi connectivity index (χ3n) is 4.20. The van der Waals surface area contributed by atoms with E-state index in [2.05, 4.69) is 17.6 Å². The first-order chi connectivity index (χ1) is 11.7. The highest BCUT2D eigenvalue weighted by Crippen LogP contribution is 2.28. The molecule has 1 aliphatic heterocycles. The van der Waals surface area contributed by atoms with Gasteiger partial charge in [0.2, 0.25) is 0 Å². The SMILES string of the molecule is CCCOc1ccc(C(=O)NCCC2CCCNC2)cc1OCC.Cl. The molecule has 1 aromatic rings. The van der Waals surface area contributed by atoms with Gasteiger partial charge in [-0.3, -0.25) is 4.79 Å². The first kappa shape index (κ1) is 21.6. The van der Waals surface area contributed by atoms with Crippen molar-refractivity contribution in [2.75, 3.05) is 32.8 Å². The Morgan fingerprint density at radius 1 is 1.28 bits per heavy atom. The monoisotopic (exact) mass is 370 g/mol. The molecule has 1 saturated heterocycles. The summed E-state index contributed by atoms with van der Waals surface area (Å²) >= 11 is 0. The van der Waals surface area contributed by atoms with Crippen molar-refractivity contribution in [2.45, 2.75) is 39.5 Å². The molecular formula is C19H31ClN2O3. The molecule has 0 spiro atoms. The Morgan fingerprint density at radius 2 is 2.12 bits per heavy atom. The maximum absolute atomic E-state index is 12.3. The number of halogens is 1. The molecule has 1 atom stereocenters. The summed E-state index contributed by atoms with van der Waals surface area (Å²) in [5, 5.41) is 6.42.